The Hall–Kier alpha value is -2.18. The van der Waals surface area contributed by atoms with Crippen molar-refractivity contribution < 1.29 is 4.79 Å². The molecule has 0 saturated carbocycles. The van der Waals surface area contributed by atoms with Crippen molar-refractivity contribution >= 4 is 28.1 Å². The highest BCUT2D eigenvalue weighted by atomic mass is 32.1. The second-order valence-electron chi connectivity index (χ2n) is 4.70. The van der Waals surface area contributed by atoms with Gasteiger partial charge in [-0.15, -0.1) is 11.3 Å². The summed E-state index contributed by atoms with van der Waals surface area (Å²) in [5.74, 6) is -0.147. The average Bonchev–Trinajstić information content (AvgIpc) is 3.14. The monoisotopic (exact) mass is 300 g/mol. The lowest BCUT2D eigenvalue weighted by atomic mass is 10.1. The van der Waals surface area contributed by atoms with Crippen LogP contribution in [0.15, 0.2) is 35.8 Å². The summed E-state index contributed by atoms with van der Waals surface area (Å²) in [6, 6.07) is 8.14. The van der Waals surface area contributed by atoms with E-state index in [1.807, 2.05) is 24.4 Å². The first-order valence-corrected chi connectivity index (χ1v) is 7.63. The first kappa shape index (κ1) is 13.8. The molecule has 21 heavy (non-hydrogen) atoms. The van der Waals surface area contributed by atoms with Gasteiger partial charge in [0.1, 0.15) is 10.7 Å². The zero-order valence-electron chi connectivity index (χ0n) is 11.4. The lowest BCUT2D eigenvalue weighted by Gasteiger charge is -2.02. The number of aromatic amines is 1. The molecule has 6 heteroatoms. The second kappa shape index (κ2) is 6.07. The molecule has 1 aromatic carbocycles. The maximum atomic E-state index is 12.0. The molecule has 0 radical (unpaired) electrons. The Morgan fingerprint density at radius 1 is 1.38 bits per heavy atom. The Morgan fingerprint density at radius 3 is 3.05 bits per heavy atom. The van der Waals surface area contributed by atoms with Crippen molar-refractivity contribution in [1.29, 1.82) is 0 Å². The normalized spacial score (nSPS) is 10.9. The number of nitrogens with one attached hydrogen (secondary N) is 2. The summed E-state index contributed by atoms with van der Waals surface area (Å²) in [5, 5.41) is 6.60. The van der Waals surface area contributed by atoms with Gasteiger partial charge in [-0.2, -0.15) is 0 Å². The number of H-pyrrole nitrogens is 1. The first-order valence-electron chi connectivity index (χ1n) is 6.75. The number of thiazole rings is 1. The molecule has 0 spiro atoms. The van der Waals surface area contributed by atoms with E-state index in [4.69, 9.17) is 5.73 Å². The van der Waals surface area contributed by atoms with Crippen molar-refractivity contribution in [2.45, 2.75) is 13.0 Å². The number of aromatic nitrogens is 2. The van der Waals surface area contributed by atoms with Crippen molar-refractivity contribution in [3.8, 4) is 0 Å². The summed E-state index contributed by atoms with van der Waals surface area (Å²) in [4.78, 5) is 19.4. The fraction of sp³-hybridized carbons (Fsp3) is 0.200. The van der Waals surface area contributed by atoms with E-state index in [1.165, 1.54) is 22.3 Å². The predicted molar refractivity (Wildman–Crippen MR) is 84.3 cm³/mol. The molecule has 2 aromatic heterocycles. The van der Waals surface area contributed by atoms with Crippen molar-refractivity contribution in [2.75, 3.05) is 6.54 Å². The van der Waals surface area contributed by atoms with E-state index in [2.05, 4.69) is 21.4 Å². The number of hydrogen-bond donors (Lipinski definition) is 3. The molecule has 0 unspecified atom stereocenters. The maximum Gasteiger partial charge on any atom is 0.270 e. The van der Waals surface area contributed by atoms with E-state index in [1.54, 1.807) is 5.38 Å². The van der Waals surface area contributed by atoms with Crippen LogP contribution in [0.25, 0.3) is 10.9 Å². The zero-order valence-corrected chi connectivity index (χ0v) is 12.2. The van der Waals surface area contributed by atoms with Gasteiger partial charge in [-0.05, 0) is 18.1 Å². The molecular weight excluding hydrogens is 284 g/mol. The molecule has 0 fully saturated rings. The van der Waals surface area contributed by atoms with Crippen LogP contribution >= 0.6 is 11.3 Å². The van der Waals surface area contributed by atoms with Crippen LogP contribution in [0.1, 0.15) is 21.1 Å². The van der Waals surface area contributed by atoms with Gasteiger partial charge in [0.05, 0.1) is 0 Å². The predicted octanol–water partition coefficient (Wildman–Crippen LogP) is 2.06. The molecule has 3 aromatic rings. The van der Waals surface area contributed by atoms with Crippen molar-refractivity contribution in [2.24, 2.45) is 5.73 Å². The molecular formula is C15H16N4OS. The first-order chi connectivity index (χ1) is 10.3. The molecule has 2 heterocycles. The number of benzene rings is 1. The Morgan fingerprint density at radius 2 is 2.24 bits per heavy atom. The van der Waals surface area contributed by atoms with E-state index < -0.39 is 0 Å². The molecule has 0 aliphatic heterocycles. The van der Waals surface area contributed by atoms with Gasteiger partial charge in [0, 0.05) is 35.6 Å². The van der Waals surface area contributed by atoms with Gasteiger partial charge in [0.2, 0.25) is 0 Å². The molecule has 4 N–H and O–H groups in total. The summed E-state index contributed by atoms with van der Waals surface area (Å²) in [5.41, 5.74) is 8.25. The van der Waals surface area contributed by atoms with Crippen LogP contribution in [0.5, 0.6) is 0 Å². The zero-order chi connectivity index (χ0) is 14.7. The number of carbonyl (C=O) groups excluding carboxylic acids is 1. The Balaban J connectivity index is 1.59. The average molecular weight is 300 g/mol. The highest BCUT2D eigenvalue weighted by molar-refractivity contribution is 7.09. The Kier molecular flexibility index (Phi) is 3.98. The largest absolute Gasteiger partial charge is 0.361 e. The summed E-state index contributed by atoms with van der Waals surface area (Å²) >= 11 is 1.41. The minimum Gasteiger partial charge on any atom is -0.361 e. The fourth-order valence-electron chi connectivity index (χ4n) is 2.25. The summed E-state index contributed by atoms with van der Waals surface area (Å²) < 4.78 is 0. The number of fused-ring (bicyclic) bond motifs is 1. The maximum absolute atomic E-state index is 12.0. The van der Waals surface area contributed by atoms with Gasteiger partial charge < -0.3 is 16.0 Å². The van der Waals surface area contributed by atoms with E-state index >= 15 is 0 Å². The van der Waals surface area contributed by atoms with Gasteiger partial charge in [0.15, 0.2) is 0 Å². The molecule has 0 aliphatic rings. The number of carbonyl (C=O) groups is 1. The lowest BCUT2D eigenvalue weighted by molar-refractivity contribution is 0.0949. The second-order valence-corrected chi connectivity index (χ2v) is 5.64. The number of rotatable bonds is 5. The minimum atomic E-state index is -0.147. The third-order valence-corrected chi connectivity index (χ3v) is 4.18. The van der Waals surface area contributed by atoms with Crippen LogP contribution in [0.2, 0.25) is 0 Å². The van der Waals surface area contributed by atoms with Gasteiger partial charge in [-0.3, -0.25) is 4.79 Å². The molecule has 0 aliphatic carbocycles. The molecule has 1 amide bonds. The highest BCUT2D eigenvalue weighted by Crippen LogP contribution is 2.17. The van der Waals surface area contributed by atoms with Crippen LogP contribution in [-0.4, -0.2) is 22.4 Å². The summed E-state index contributed by atoms with van der Waals surface area (Å²) in [6.45, 7) is 0.948. The highest BCUT2D eigenvalue weighted by Gasteiger charge is 2.10. The number of nitrogens with two attached hydrogens (primary N) is 1. The molecule has 5 nitrogen and oxygen atoms in total. The summed E-state index contributed by atoms with van der Waals surface area (Å²) in [7, 11) is 0. The van der Waals surface area contributed by atoms with Gasteiger partial charge in [-0.25, -0.2) is 4.98 Å². The van der Waals surface area contributed by atoms with Gasteiger partial charge in [0.25, 0.3) is 5.91 Å². The lowest BCUT2D eigenvalue weighted by Crippen LogP contribution is -2.26. The molecule has 0 bridgehead atoms. The van der Waals surface area contributed by atoms with E-state index in [0.29, 0.717) is 18.8 Å². The Labute approximate surface area is 126 Å². The van der Waals surface area contributed by atoms with Crippen LogP contribution in [0.3, 0.4) is 0 Å². The topological polar surface area (TPSA) is 83.8 Å². The minimum absolute atomic E-state index is 0.147. The molecule has 0 atom stereocenters. The SMILES string of the molecule is NCc1nc(C(=O)NCCc2c[nH]c3ccccc23)cs1. The van der Waals surface area contributed by atoms with Crippen molar-refractivity contribution in [3.05, 3.63) is 52.1 Å². The van der Waals surface area contributed by atoms with Crippen LogP contribution in [0, 0.1) is 0 Å². The third kappa shape index (κ3) is 2.96. The van der Waals surface area contributed by atoms with Crippen molar-refractivity contribution in [1.82, 2.24) is 15.3 Å². The number of nitrogens with zero attached hydrogens (tertiary/aromatic N) is 1. The Bertz CT molecular complexity index is 762. The van der Waals surface area contributed by atoms with Crippen LogP contribution in [-0.2, 0) is 13.0 Å². The van der Waals surface area contributed by atoms with Gasteiger partial charge >= 0.3 is 0 Å². The fourth-order valence-corrected chi connectivity index (χ4v) is 2.90. The molecule has 0 saturated heterocycles. The van der Waals surface area contributed by atoms with E-state index in [-0.39, 0.29) is 5.91 Å². The smallest absolute Gasteiger partial charge is 0.270 e. The third-order valence-electron chi connectivity index (χ3n) is 3.31. The number of hydrogen-bond acceptors (Lipinski definition) is 4. The van der Waals surface area contributed by atoms with E-state index in [9.17, 15) is 4.79 Å². The quantitative estimate of drug-likeness (QED) is 0.674. The van der Waals surface area contributed by atoms with Crippen LogP contribution < -0.4 is 11.1 Å². The number of para-hydroxylation sites is 1. The van der Waals surface area contributed by atoms with Crippen molar-refractivity contribution in [3.63, 3.8) is 0 Å². The summed E-state index contributed by atoms with van der Waals surface area (Å²) in [6.07, 6.45) is 2.77. The van der Waals surface area contributed by atoms with E-state index in [0.717, 1.165) is 16.9 Å². The van der Waals surface area contributed by atoms with Crippen LogP contribution in [0.4, 0.5) is 0 Å². The number of amides is 1. The molecule has 108 valence electrons. The van der Waals surface area contributed by atoms with Gasteiger partial charge in [-0.1, -0.05) is 18.2 Å². The molecule has 3 rings (SSSR count). The standard InChI is InChI=1S/C15H16N4OS/c16-7-14-19-13(9-21-14)15(20)17-6-5-10-8-18-12-4-2-1-3-11(10)12/h1-4,8-9,18H,5-7,16H2,(H,17,20).